The van der Waals surface area contributed by atoms with Crippen LogP contribution in [0.25, 0.3) is 0 Å². The van der Waals surface area contributed by atoms with Gasteiger partial charge in [0.15, 0.2) is 0 Å². The Hall–Kier alpha value is -2.39. The summed E-state index contributed by atoms with van der Waals surface area (Å²) < 4.78 is 2.89. The zero-order valence-corrected chi connectivity index (χ0v) is 14.9. The van der Waals surface area contributed by atoms with E-state index in [9.17, 15) is 10.1 Å². The number of halogens is 1. The summed E-state index contributed by atoms with van der Waals surface area (Å²) in [6.45, 7) is 2.72. The first-order valence-electron chi connectivity index (χ1n) is 7.90. The molecular formula is C18H17BrN4O. The summed E-state index contributed by atoms with van der Waals surface area (Å²) in [5.74, 6) is -0.231. The Labute approximate surface area is 149 Å². The molecule has 0 aliphatic carbocycles. The molecule has 1 aliphatic heterocycles. The maximum atomic E-state index is 12.8. The zero-order chi connectivity index (χ0) is 17.1. The van der Waals surface area contributed by atoms with Gasteiger partial charge in [-0.3, -0.25) is 9.79 Å². The van der Waals surface area contributed by atoms with E-state index in [2.05, 4.69) is 32.3 Å². The average Bonchev–Trinajstić information content (AvgIpc) is 3.14. The van der Waals surface area contributed by atoms with Gasteiger partial charge in [0.2, 0.25) is 0 Å². The number of amides is 1. The largest absolute Gasteiger partial charge is 0.337 e. The Morgan fingerprint density at radius 3 is 2.88 bits per heavy atom. The highest BCUT2D eigenvalue weighted by Gasteiger charge is 2.29. The first kappa shape index (κ1) is 16.5. The molecule has 6 heteroatoms. The van der Waals surface area contributed by atoms with Crippen molar-refractivity contribution in [2.75, 3.05) is 5.32 Å². The average molecular weight is 385 g/mol. The van der Waals surface area contributed by atoms with Crippen LogP contribution in [0, 0.1) is 11.3 Å². The van der Waals surface area contributed by atoms with Crippen molar-refractivity contribution in [2.24, 2.45) is 4.99 Å². The van der Waals surface area contributed by atoms with E-state index < -0.39 is 0 Å². The van der Waals surface area contributed by atoms with Gasteiger partial charge in [-0.1, -0.05) is 22.9 Å². The van der Waals surface area contributed by atoms with E-state index in [0.29, 0.717) is 22.6 Å². The minimum Gasteiger partial charge on any atom is -0.337 e. The maximum absolute atomic E-state index is 12.8. The molecule has 0 saturated carbocycles. The number of benzene rings is 1. The lowest BCUT2D eigenvalue weighted by Crippen LogP contribution is -2.16. The Morgan fingerprint density at radius 2 is 2.21 bits per heavy atom. The van der Waals surface area contributed by atoms with Crippen LogP contribution in [0.3, 0.4) is 0 Å². The van der Waals surface area contributed by atoms with Crippen molar-refractivity contribution in [3.8, 4) is 6.07 Å². The fourth-order valence-electron chi connectivity index (χ4n) is 2.94. The van der Waals surface area contributed by atoms with Gasteiger partial charge in [0, 0.05) is 28.6 Å². The standard InChI is InChI=1S/C18H17BrN4O/c1-2-9-21-16-14(11-20)15-4-3-10-23(15)17(16)18(24)22-13-7-5-12(19)6-8-13/h5-9H,2-4,10H2,1H3,(H,22,24). The van der Waals surface area contributed by atoms with Crippen LogP contribution in [-0.4, -0.2) is 16.7 Å². The molecular weight excluding hydrogens is 368 g/mol. The van der Waals surface area contributed by atoms with Crippen LogP contribution >= 0.6 is 15.9 Å². The highest BCUT2D eigenvalue weighted by Crippen LogP contribution is 2.35. The second-order valence-corrected chi connectivity index (χ2v) is 6.48. The first-order valence-corrected chi connectivity index (χ1v) is 8.70. The summed E-state index contributed by atoms with van der Waals surface area (Å²) in [6, 6.07) is 9.63. The van der Waals surface area contributed by atoms with Crippen molar-refractivity contribution in [1.82, 2.24) is 4.57 Å². The van der Waals surface area contributed by atoms with Crippen LogP contribution in [0.1, 0.15) is 41.5 Å². The van der Waals surface area contributed by atoms with Gasteiger partial charge in [-0.2, -0.15) is 5.26 Å². The molecule has 5 nitrogen and oxygen atoms in total. The van der Waals surface area contributed by atoms with Crippen LogP contribution in [0.15, 0.2) is 33.7 Å². The third kappa shape index (κ3) is 3.00. The number of nitrogens with one attached hydrogen (secondary N) is 1. The lowest BCUT2D eigenvalue weighted by atomic mass is 10.1. The number of aromatic nitrogens is 1. The molecule has 24 heavy (non-hydrogen) atoms. The molecule has 0 spiro atoms. The summed E-state index contributed by atoms with van der Waals surface area (Å²) in [5.41, 5.74) is 3.12. The highest BCUT2D eigenvalue weighted by atomic mass is 79.9. The van der Waals surface area contributed by atoms with E-state index in [-0.39, 0.29) is 5.91 Å². The van der Waals surface area contributed by atoms with Crippen molar-refractivity contribution in [3.63, 3.8) is 0 Å². The number of carbonyl (C=O) groups is 1. The number of fused-ring (bicyclic) bond motifs is 1. The van der Waals surface area contributed by atoms with Gasteiger partial charge < -0.3 is 9.88 Å². The lowest BCUT2D eigenvalue weighted by molar-refractivity contribution is 0.101. The SMILES string of the molecule is CCC=Nc1c(C#N)c2n(c1C(=O)Nc1ccc(Br)cc1)CCC2. The molecule has 1 N–H and O–H groups in total. The van der Waals surface area contributed by atoms with Crippen LogP contribution in [-0.2, 0) is 13.0 Å². The summed E-state index contributed by atoms with van der Waals surface area (Å²) in [7, 11) is 0. The minimum absolute atomic E-state index is 0.231. The van der Waals surface area contributed by atoms with Gasteiger partial charge in [-0.25, -0.2) is 0 Å². The van der Waals surface area contributed by atoms with E-state index in [1.54, 1.807) is 6.21 Å². The summed E-state index contributed by atoms with van der Waals surface area (Å²) in [5, 5.41) is 12.4. The topological polar surface area (TPSA) is 70.2 Å². The molecule has 1 aromatic heterocycles. The van der Waals surface area contributed by atoms with Gasteiger partial charge in [-0.05, 0) is 43.5 Å². The Bertz CT molecular complexity index is 843. The zero-order valence-electron chi connectivity index (χ0n) is 13.3. The molecule has 122 valence electrons. The number of nitriles is 1. The van der Waals surface area contributed by atoms with Crippen molar-refractivity contribution in [1.29, 1.82) is 5.26 Å². The van der Waals surface area contributed by atoms with Gasteiger partial charge in [0.1, 0.15) is 17.5 Å². The van der Waals surface area contributed by atoms with E-state index >= 15 is 0 Å². The van der Waals surface area contributed by atoms with Crippen LogP contribution < -0.4 is 5.32 Å². The van der Waals surface area contributed by atoms with Crippen molar-refractivity contribution >= 4 is 39.4 Å². The Kier molecular flexibility index (Phi) is 4.81. The summed E-state index contributed by atoms with van der Waals surface area (Å²) in [4.78, 5) is 17.2. The predicted molar refractivity (Wildman–Crippen MR) is 98.0 cm³/mol. The molecule has 0 fully saturated rings. The molecule has 2 aromatic rings. The van der Waals surface area contributed by atoms with Crippen molar-refractivity contribution in [2.45, 2.75) is 32.7 Å². The number of hydrogen-bond donors (Lipinski definition) is 1. The number of carbonyl (C=O) groups excluding carboxylic acids is 1. The quantitative estimate of drug-likeness (QED) is 0.791. The summed E-state index contributed by atoms with van der Waals surface area (Å²) in [6.07, 6.45) is 4.24. The molecule has 0 bridgehead atoms. The minimum atomic E-state index is -0.231. The van der Waals surface area contributed by atoms with Gasteiger partial charge in [0.25, 0.3) is 5.91 Å². The van der Waals surface area contributed by atoms with E-state index in [1.165, 1.54) is 0 Å². The lowest BCUT2D eigenvalue weighted by Gasteiger charge is -2.09. The van der Waals surface area contributed by atoms with Crippen molar-refractivity contribution < 1.29 is 4.79 Å². The molecule has 0 saturated heterocycles. The summed E-state index contributed by atoms with van der Waals surface area (Å²) >= 11 is 3.38. The third-order valence-electron chi connectivity index (χ3n) is 3.97. The number of aliphatic imine (C=N–C) groups is 1. The number of rotatable bonds is 4. The van der Waals surface area contributed by atoms with E-state index in [0.717, 1.165) is 36.0 Å². The molecule has 1 aromatic carbocycles. The van der Waals surface area contributed by atoms with Crippen LogP contribution in [0.5, 0.6) is 0 Å². The smallest absolute Gasteiger partial charge is 0.274 e. The molecule has 1 aliphatic rings. The van der Waals surface area contributed by atoms with E-state index in [1.807, 2.05) is 35.8 Å². The first-order chi connectivity index (χ1) is 11.7. The van der Waals surface area contributed by atoms with Crippen LogP contribution in [0.2, 0.25) is 0 Å². The molecule has 2 heterocycles. The second-order valence-electron chi connectivity index (χ2n) is 5.57. The predicted octanol–water partition coefficient (Wildman–Crippen LogP) is 4.43. The fourth-order valence-corrected chi connectivity index (χ4v) is 3.21. The molecule has 3 rings (SSSR count). The number of hydrogen-bond acceptors (Lipinski definition) is 3. The fraction of sp³-hybridized carbons (Fsp3) is 0.278. The normalized spacial score (nSPS) is 13.0. The van der Waals surface area contributed by atoms with E-state index in [4.69, 9.17) is 0 Å². The van der Waals surface area contributed by atoms with Gasteiger partial charge in [0.05, 0.1) is 5.56 Å². The van der Waals surface area contributed by atoms with Gasteiger partial charge in [-0.15, -0.1) is 0 Å². The Balaban J connectivity index is 2.02. The molecule has 0 radical (unpaired) electrons. The maximum Gasteiger partial charge on any atom is 0.274 e. The third-order valence-corrected chi connectivity index (χ3v) is 4.50. The second kappa shape index (κ2) is 7.02. The van der Waals surface area contributed by atoms with Gasteiger partial charge >= 0.3 is 0 Å². The molecule has 1 amide bonds. The van der Waals surface area contributed by atoms with Crippen LogP contribution in [0.4, 0.5) is 11.4 Å². The Morgan fingerprint density at radius 1 is 1.46 bits per heavy atom. The number of nitrogens with zero attached hydrogens (tertiary/aromatic N) is 3. The molecule has 0 unspecified atom stereocenters. The monoisotopic (exact) mass is 384 g/mol. The highest BCUT2D eigenvalue weighted by molar-refractivity contribution is 9.10. The van der Waals surface area contributed by atoms with Crippen molar-refractivity contribution in [3.05, 3.63) is 45.7 Å². The number of anilines is 1. The molecule has 0 atom stereocenters.